The Morgan fingerprint density at radius 1 is 1.12 bits per heavy atom. The minimum atomic E-state index is -0.418. The fourth-order valence-electron chi connectivity index (χ4n) is 4.32. The van der Waals surface area contributed by atoms with Crippen LogP contribution in [0.4, 0.5) is 4.79 Å². The molecule has 0 atom stereocenters. The lowest BCUT2D eigenvalue weighted by Crippen LogP contribution is -2.41. The van der Waals surface area contributed by atoms with Crippen molar-refractivity contribution >= 4 is 30.6 Å². The lowest BCUT2D eigenvalue weighted by Gasteiger charge is -2.32. The zero-order chi connectivity index (χ0) is 23.6. The van der Waals surface area contributed by atoms with Gasteiger partial charge in [0, 0.05) is 31.3 Å². The molecule has 178 valence electrons. The van der Waals surface area contributed by atoms with Gasteiger partial charge in [-0.3, -0.25) is 4.99 Å². The first-order valence-electron chi connectivity index (χ1n) is 11.9. The average molecular weight is 454 g/mol. The summed E-state index contributed by atoms with van der Waals surface area (Å²) in [5.74, 6) is 0.570. The maximum absolute atomic E-state index is 12.6. The maximum Gasteiger partial charge on any atom is 0.494 e. The molecule has 2 fully saturated rings. The van der Waals surface area contributed by atoms with E-state index in [0.29, 0.717) is 24.5 Å². The number of rotatable bonds is 5. The molecular weight excluding hydrogens is 419 g/mol. The van der Waals surface area contributed by atoms with Crippen molar-refractivity contribution in [1.82, 2.24) is 4.90 Å². The second kappa shape index (κ2) is 9.51. The van der Waals surface area contributed by atoms with Gasteiger partial charge in [0.25, 0.3) is 0 Å². The first-order valence-corrected chi connectivity index (χ1v) is 11.9. The van der Waals surface area contributed by atoms with Crippen molar-refractivity contribution < 1.29 is 23.6 Å². The Morgan fingerprint density at radius 3 is 2.39 bits per heavy atom. The predicted octanol–water partition coefficient (Wildman–Crippen LogP) is 4.16. The molecule has 33 heavy (non-hydrogen) atoms. The van der Waals surface area contributed by atoms with Crippen LogP contribution in [0.25, 0.3) is 5.70 Å². The molecule has 1 amide bonds. The number of carbonyl (C=O) groups is 1. The van der Waals surface area contributed by atoms with Crippen molar-refractivity contribution in [2.75, 3.05) is 20.3 Å². The van der Waals surface area contributed by atoms with Crippen LogP contribution in [0.15, 0.2) is 35.0 Å². The molecule has 1 aliphatic carbocycles. The summed E-state index contributed by atoms with van der Waals surface area (Å²) in [5, 5.41) is 0. The summed E-state index contributed by atoms with van der Waals surface area (Å²) in [6.07, 6.45) is 6.63. The molecule has 1 saturated heterocycles. The topological polar surface area (TPSA) is 69.6 Å². The van der Waals surface area contributed by atoms with Crippen LogP contribution in [0, 0.1) is 0 Å². The van der Waals surface area contributed by atoms with Crippen molar-refractivity contribution in [3.05, 3.63) is 35.6 Å². The molecule has 2 heterocycles. The van der Waals surface area contributed by atoms with E-state index < -0.39 is 7.12 Å². The van der Waals surface area contributed by atoms with E-state index in [4.69, 9.17) is 18.8 Å². The van der Waals surface area contributed by atoms with Gasteiger partial charge >= 0.3 is 13.2 Å². The number of benzene rings is 1. The maximum atomic E-state index is 12.6. The number of nitrogens with zero attached hydrogens (tertiary/aromatic N) is 2. The quantitative estimate of drug-likeness (QED) is 0.625. The second-order valence-electron chi connectivity index (χ2n) is 10.0. The Balaban J connectivity index is 1.48. The molecule has 1 aromatic carbocycles. The fraction of sp³-hybridized carbons (Fsp3) is 0.600. The van der Waals surface area contributed by atoms with Gasteiger partial charge < -0.3 is 23.7 Å². The average Bonchev–Trinajstić information content (AvgIpc) is 3.31. The Morgan fingerprint density at radius 2 is 1.76 bits per heavy atom. The monoisotopic (exact) mass is 454 g/mol. The smallest absolute Gasteiger partial charge is 0.492 e. The summed E-state index contributed by atoms with van der Waals surface area (Å²) < 4.78 is 23.8. The highest BCUT2D eigenvalue weighted by atomic mass is 16.7. The minimum Gasteiger partial charge on any atom is -0.492 e. The zero-order valence-electron chi connectivity index (χ0n) is 20.4. The molecule has 0 radical (unpaired) electrons. The van der Waals surface area contributed by atoms with Gasteiger partial charge in [0.05, 0.1) is 17.8 Å². The van der Waals surface area contributed by atoms with E-state index >= 15 is 0 Å². The highest BCUT2D eigenvalue weighted by Gasteiger charge is 2.51. The number of hydrogen-bond donors (Lipinski definition) is 0. The van der Waals surface area contributed by atoms with Crippen molar-refractivity contribution in [2.45, 2.75) is 77.0 Å². The first-order chi connectivity index (χ1) is 15.7. The molecule has 3 aliphatic rings. The third-order valence-corrected chi connectivity index (χ3v) is 7.20. The second-order valence-corrected chi connectivity index (χ2v) is 10.0. The van der Waals surface area contributed by atoms with Crippen LogP contribution in [0.2, 0.25) is 0 Å². The number of amides is 1. The van der Waals surface area contributed by atoms with Gasteiger partial charge in [-0.05, 0) is 46.0 Å². The summed E-state index contributed by atoms with van der Waals surface area (Å²) in [6, 6.07) is 8.20. The van der Waals surface area contributed by atoms with E-state index in [9.17, 15) is 4.79 Å². The lowest BCUT2D eigenvalue weighted by atomic mass is 9.79. The summed E-state index contributed by atoms with van der Waals surface area (Å²) >= 11 is 0. The van der Waals surface area contributed by atoms with Crippen LogP contribution in [0.1, 0.15) is 65.4 Å². The number of aliphatic imine (C=N–C) groups is 1. The summed E-state index contributed by atoms with van der Waals surface area (Å²) in [4.78, 5) is 18.9. The van der Waals surface area contributed by atoms with Gasteiger partial charge in [-0.15, -0.1) is 0 Å². The van der Waals surface area contributed by atoms with Gasteiger partial charge in [-0.1, -0.05) is 37.1 Å². The van der Waals surface area contributed by atoms with Crippen LogP contribution in [-0.2, 0) is 18.8 Å². The molecule has 8 heteroatoms. The van der Waals surface area contributed by atoms with E-state index in [2.05, 4.69) is 4.99 Å². The van der Waals surface area contributed by atoms with Crippen molar-refractivity contribution in [2.24, 2.45) is 4.99 Å². The van der Waals surface area contributed by atoms with E-state index in [1.54, 1.807) is 4.90 Å². The van der Waals surface area contributed by atoms with E-state index in [1.807, 2.05) is 65.2 Å². The lowest BCUT2D eigenvalue weighted by molar-refractivity contribution is 0.00578. The standard InChI is InChI=1S/C25H35BN2O5/c1-24(2)25(3,4)33-26(32-24)19-13-11-18(12-14-19)22-21(30-16-8-15-27-22)17-31-23(29)28(5)20-9-6-7-10-20/h11-15,20H,6-10,16-17H2,1-5H3. The van der Waals surface area contributed by atoms with Crippen LogP contribution in [0.5, 0.6) is 0 Å². The van der Waals surface area contributed by atoms with Crippen molar-refractivity contribution in [1.29, 1.82) is 0 Å². The number of hydrogen-bond acceptors (Lipinski definition) is 6. The van der Waals surface area contributed by atoms with Gasteiger partial charge in [0.1, 0.15) is 5.70 Å². The summed E-state index contributed by atoms with van der Waals surface area (Å²) in [5.41, 5.74) is 1.75. The number of ether oxygens (including phenoxy) is 2. The fourth-order valence-corrected chi connectivity index (χ4v) is 4.32. The van der Waals surface area contributed by atoms with Gasteiger partial charge in [-0.25, -0.2) is 4.79 Å². The van der Waals surface area contributed by atoms with Crippen molar-refractivity contribution in [3.8, 4) is 0 Å². The minimum absolute atomic E-state index is 0.0571. The number of carbonyl (C=O) groups excluding carboxylic acids is 1. The molecule has 7 nitrogen and oxygen atoms in total. The molecule has 4 rings (SSSR count). The van der Waals surface area contributed by atoms with Gasteiger partial charge in [0.2, 0.25) is 0 Å². The highest BCUT2D eigenvalue weighted by Crippen LogP contribution is 2.36. The molecule has 2 aliphatic heterocycles. The van der Waals surface area contributed by atoms with Crippen LogP contribution >= 0.6 is 0 Å². The molecule has 1 saturated carbocycles. The molecule has 0 N–H and O–H groups in total. The third-order valence-electron chi connectivity index (χ3n) is 7.20. The molecular formula is C25H35BN2O5. The van der Waals surface area contributed by atoms with Crippen LogP contribution in [-0.4, -0.2) is 61.8 Å². The van der Waals surface area contributed by atoms with Crippen LogP contribution < -0.4 is 5.46 Å². The largest absolute Gasteiger partial charge is 0.494 e. The highest BCUT2D eigenvalue weighted by molar-refractivity contribution is 6.62. The molecule has 0 bridgehead atoms. The normalized spacial score (nSPS) is 22.3. The van der Waals surface area contributed by atoms with E-state index in [0.717, 1.165) is 36.7 Å². The Labute approximate surface area is 197 Å². The first kappa shape index (κ1) is 23.8. The Kier molecular flexibility index (Phi) is 6.87. The van der Waals surface area contributed by atoms with Crippen molar-refractivity contribution in [3.63, 3.8) is 0 Å². The van der Waals surface area contributed by atoms with E-state index in [1.165, 1.54) is 0 Å². The van der Waals surface area contributed by atoms with Gasteiger partial charge in [0.15, 0.2) is 12.4 Å². The van der Waals surface area contributed by atoms with Gasteiger partial charge in [-0.2, -0.15) is 0 Å². The molecule has 0 unspecified atom stereocenters. The predicted molar refractivity (Wildman–Crippen MR) is 130 cm³/mol. The molecule has 0 spiro atoms. The molecule has 0 aromatic heterocycles. The zero-order valence-corrected chi connectivity index (χ0v) is 20.4. The summed E-state index contributed by atoms with van der Waals surface area (Å²) in [6.45, 7) is 8.73. The Hall–Kier alpha value is -2.32. The molecule has 1 aromatic rings. The SMILES string of the molecule is CN(C(=O)OCC1=C(c2ccc(B3OC(C)(C)C(C)(C)O3)cc2)N=CCCO1)C1CCCC1. The van der Waals surface area contributed by atoms with Crippen LogP contribution in [0.3, 0.4) is 0 Å². The summed E-state index contributed by atoms with van der Waals surface area (Å²) in [7, 11) is 1.40. The van der Waals surface area contributed by atoms with E-state index in [-0.39, 0.29) is 29.9 Å². The Bertz CT molecular complexity index is 903. The third kappa shape index (κ3) is 5.12.